The Morgan fingerprint density at radius 2 is 2.00 bits per heavy atom. The van der Waals surface area contributed by atoms with Crippen LogP contribution in [0.4, 0.5) is 0 Å². The molecule has 0 aromatic carbocycles. The van der Waals surface area contributed by atoms with Crippen molar-refractivity contribution >= 4 is 28.7 Å². The Kier molecular flexibility index (Phi) is 6.57. The van der Waals surface area contributed by atoms with Crippen molar-refractivity contribution in [2.75, 3.05) is 26.2 Å². The first-order valence-corrected chi connectivity index (χ1v) is 11.7. The van der Waals surface area contributed by atoms with Crippen LogP contribution in [-0.4, -0.2) is 66.9 Å². The van der Waals surface area contributed by atoms with Gasteiger partial charge in [-0.15, -0.1) is 11.8 Å². The minimum Gasteiger partial charge on any atom is -0.337 e. The first-order chi connectivity index (χ1) is 14.9. The standard InChI is InChI=1S/C23H30N6OS/c1-16(2)31-21-19(14-25-22-20(21)17(3)26-27(22)4)23(30)29-11-7-10-28(12-13-29)15-18-8-5-6-9-24-18/h5-6,8-9,14,16H,7,10-13,15H2,1-4H3. The lowest BCUT2D eigenvalue weighted by Crippen LogP contribution is -2.35. The third-order valence-electron chi connectivity index (χ3n) is 5.55. The van der Waals surface area contributed by atoms with Crippen LogP contribution in [0.3, 0.4) is 0 Å². The van der Waals surface area contributed by atoms with E-state index in [-0.39, 0.29) is 5.91 Å². The van der Waals surface area contributed by atoms with Crippen LogP contribution in [-0.2, 0) is 13.6 Å². The monoisotopic (exact) mass is 438 g/mol. The second kappa shape index (κ2) is 9.36. The van der Waals surface area contributed by atoms with Gasteiger partial charge < -0.3 is 4.90 Å². The molecule has 164 valence electrons. The van der Waals surface area contributed by atoms with E-state index in [1.54, 1.807) is 22.6 Å². The summed E-state index contributed by atoms with van der Waals surface area (Å²) in [5.74, 6) is 0.0699. The van der Waals surface area contributed by atoms with Crippen molar-refractivity contribution in [1.29, 1.82) is 0 Å². The fourth-order valence-corrected chi connectivity index (χ4v) is 5.21. The highest BCUT2D eigenvalue weighted by Gasteiger charge is 2.26. The average Bonchev–Trinajstić information content (AvgIpc) is 2.90. The fourth-order valence-electron chi connectivity index (χ4n) is 4.11. The van der Waals surface area contributed by atoms with Crippen molar-refractivity contribution in [2.24, 2.45) is 7.05 Å². The number of carbonyl (C=O) groups excluding carboxylic acids is 1. The summed E-state index contributed by atoms with van der Waals surface area (Å²) >= 11 is 1.72. The second-order valence-corrected chi connectivity index (χ2v) is 9.90. The molecule has 0 N–H and O–H groups in total. The molecule has 0 atom stereocenters. The molecule has 7 nitrogen and oxygen atoms in total. The summed E-state index contributed by atoms with van der Waals surface area (Å²) in [6, 6.07) is 6.02. The van der Waals surface area contributed by atoms with Gasteiger partial charge in [0.05, 0.1) is 22.3 Å². The van der Waals surface area contributed by atoms with Gasteiger partial charge in [-0.1, -0.05) is 19.9 Å². The molecule has 0 spiro atoms. The molecule has 0 unspecified atom stereocenters. The normalized spacial score (nSPS) is 15.6. The highest BCUT2D eigenvalue weighted by Crippen LogP contribution is 2.35. The number of hydrogen-bond donors (Lipinski definition) is 0. The Morgan fingerprint density at radius 1 is 1.16 bits per heavy atom. The average molecular weight is 439 g/mol. The van der Waals surface area contributed by atoms with Crippen LogP contribution >= 0.6 is 11.8 Å². The molecular formula is C23H30N6OS. The van der Waals surface area contributed by atoms with E-state index >= 15 is 0 Å². The number of rotatable bonds is 5. The SMILES string of the molecule is Cc1nn(C)c2ncc(C(=O)N3CCCN(Cc4ccccn4)CC3)c(SC(C)C)c12. The summed E-state index contributed by atoms with van der Waals surface area (Å²) in [6.07, 6.45) is 4.53. The van der Waals surface area contributed by atoms with Crippen molar-refractivity contribution in [1.82, 2.24) is 29.5 Å². The maximum atomic E-state index is 13.6. The molecular weight excluding hydrogens is 408 g/mol. The summed E-state index contributed by atoms with van der Waals surface area (Å²) in [6.45, 7) is 10.4. The Hall–Kier alpha value is -2.45. The van der Waals surface area contributed by atoms with E-state index in [9.17, 15) is 4.79 Å². The number of hydrogen-bond acceptors (Lipinski definition) is 6. The van der Waals surface area contributed by atoms with E-state index in [2.05, 4.69) is 39.9 Å². The molecule has 0 saturated carbocycles. The Balaban J connectivity index is 1.57. The number of nitrogens with zero attached hydrogens (tertiary/aromatic N) is 6. The van der Waals surface area contributed by atoms with Gasteiger partial charge in [0.2, 0.25) is 0 Å². The predicted octanol–water partition coefficient (Wildman–Crippen LogP) is 3.52. The van der Waals surface area contributed by atoms with E-state index in [1.165, 1.54) is 0 Å². The van der Waals surface area contributed by atoms with Gasteiger partial charge in [0.25, 0.3) is 5.91 Å². The molecule has 4 heterocycles. The lowest BCUT2D eigenvalue weighted by molar-refractivity contribution is 0.0757. The second-order valence-electron chi connectivity index (χ2n) is 8.32. The van der Waals surface area contributed by atoms with Crippen LogP contribution in [0.5, 0.6) is 0 Å². The van der Waals surface area contributed by atoms with Gasteiger partial charge in [0.15, 0.2) is 5.65 Å². The van der Waals surface area contributed by atoms with Crippen molar-refractivity contribution < 1.29 is 4.79 Å². The van der Waals surface area contributed by atoms with Crippen molar-refractivity contribution in [2.45, 2.75) is 43.9 Å². The first-order valence-electron chi connectivity index (χ1n) is 10.8. The molecule has 0 aliphatic carbocycles. The number of thioether (sulfide) groups is 1. The lowest BCUT2D eigenvalue weighted by atomic mass is 10.1. The summed E-state index contributed by atoms with van der Waals surface area (Å²) in [5, 5.41) is 5.89. The van der Waals surface area contributed by atoms with Gasteiger partial charge in [0.1, 0.15) is 0 Å². The molecule has 3 aromatic rings. The molecule has 1 fully saturated rings. The predicted molar refractivity (Wildman–Crippen MR) is 124 cm³/mol. The number of carbonyl (C=O) groups is 1. The largest absolute Gasteiger partial charge is 0.337 e. The first kappa shape index (κ1) is 21.8. The zero-order valence-electron chi connectivity index (χ0n) is 18.7. The van der Waals surface area contributed by atoms with E-state index in [4.69, 9.17) is 0 Å². The smallest absolute Gasteiger partial charge is 0.256 e. The molecule has 0 radical (unpaired) electrons. The summed E-state index contributed by atoms with van der Waals surface area (Å²) in [4.78, 5) is 28.0. The van der Waals surface area contributed by atoms with Gasteiger partial charge in [-0.2, -0.15) is 5.10 Å². The molecule has 8 heteroatoms. The van der Waals surface area contributed by atoms with E-state index in [0.29, 0.717) is 17.4 Å². The zero-order valence-corrected chi connectivity index (χ0v) is 19.5. The third kappa shape index (κ3) is 4.75. The minimum atomic E-state index is 0.0699. The maximum Gasteiger partial charge on any atom is 0.256 e. The van der Waals surface area contributed by atoms with E-state index in [1.807, 2.05) is 37.2 Å². The van der Waals surface area contributed by atoms with Gasteiger partial charge in [-0.3, -0.25) is 19.4 Å². The minimum absolute atomic E-state index is 0.0699. The van der Waals surface area contributed by atoms with Crippen LogP contribution < -0.4 is 0 Å². The number of aromatic nitrogens is 4. The van der Waals surface area contributed by atoms with Gasteiger partial charge >= 0.3 is 0 Å². The number of pyridine rings is 2. The van der Waals surface area contributed by atoms with Crippen LogP contribution in [0, 0.1) is 6.92 Å². The molecule has 0 bridgehead atoms. The van der Waals surface area contributed by atoms with Gasteiger partial charge in [0, 0.05) is 62.3 Å². The number of fused-ring (bicyclic) bond motifs is 1. The summed E-state index contributed by atoms with van der Waals surface area (Å²) < 4.78 is 1.80. The van der Waals surface area contributed by atoms with E-state index < -0.39 is 0 Å². The van der Waals surface area contributed by atoms with Crippen LogP contribution in [0.25, 0.3) is 11.0 Å². The fraction of sp³-hybridized carbons (Fsp3) is 0.478. The van der Waals surface area contributed by atoms with Gasteiger partial charge in [-0.05, 0) is 25.5 Å². The highest BCUT2D eigenvalue weighted by atomic mass is 32.2. The van der Waals surface area contributed by atoms with Crippen molar-refractivity contribution in [3.63, 3.8) is 0 Å². The van der Waals surface area contributed by atoms with Crippen LogP contribution in [0.15, 0.2) is 35.5 Å². The lowest BCUT2D eigenvalue weighted by Gasteiger charge is -2.23. The van der Waals surface area contributed by atoms with Crippen LogP contribution in [0.1, 0.15) is 42.0 Å². The topological polar surface area (TPSA) is 67.2 Å². The Labute approximate surface area is 187 Å². The summed E-state index contributed by atoms with van der Waals surface area (Å²) in [5.41, 5.74) is 3.51. The maximum absolute atomic E-state index is 13.6. The zero-order chi connectivity index (χ0) is 22.0. The summed E-state index contributed by atoms with van der Waals surface area (Å²) in [7, 11) is 1.90. The molecule has 1 amide bonds. The number of aryl methyl sites for hydroxylation is 2. The molecule has 31 heavy (non-hydrogen) atoms. The van der Waals surface area contributed by atoms with Crippen molar-refractivity contribution in [3.8, 4) is 0 Å². The molecule has 3 aromatic heterocycles. The third-order valence-corrected chi connectivity index (χ3v) is 6.68. The number of amides is 1. The molecule has 4 rings (SSSR count). The Morgan fingerprint density at radius 3 is 2.74 bits per heavy atom. The van der Waals surface area contributed by atoms with Gasteiger partial charge in [-0.25, -0.2) is 4.98 Å². The molecule has 1 aliphatic rings. The quantitative estimate of drug-likeness (QED) is 0.568. The molecule has 1 saturated heterocycles. The van der Waals surface area contributed by atoms with Crippen molar-refractivity contribution in [3.05, 3.63) is 47.5 Å². The van der Waals surface area contributed by atoms with Crippen LogP contribution in [0.2, 0.25) is 0 Å². The molecule has 1 aliphatic heterocycles. The highest BCUT2D eigenvalue weighted by molar-refractivity contribution is 8.00. The van der Waals surface area contributed by atoms with E-state index in [0.717, 1.165) is 59.9 Å². The Bertz CT molecular complexity index is 1060.